The number of hydrogen-bond donors (Lipinski definition) is 0. The molecule has 5 heteroatoms. The Balaban J connectivity index is 2.30. The van der Waals surface area contributed by atoms with Gasteiger partial charge in [0.2, 0.25) is 0 Å². The minimum absolute atomic E-state index is 0.286. The Bertz CT molecular complexity index is 794. The summed E-state index contributed by atoms with van der Waals surface area (Å²) in [5, 5.41) is 5.80. The summed E-state index contributed by atoms with van der Waals surface area (Å²) >= 11 is 0. The molecule has 0 fully saturated rings. The second kappa shape index (κ2) is 4.98. The maximum atomic E-state index is 4.85. The van der Waals surface area contributed by atoms with Crippen LogP contribution in [0.5, 0.6) is 0 Å². The fourth-order valence-electron chi connectivity index (χ4n) is 2.80. The molecule has 0 saturated carbocycles. The van der Waals surface area contributed by atoms with Crippen LogP contribution >= 0.6 is 0 Å². The first-order valence-corrected chi connectivity index (χ1v) is 7.40. The van der Waals surface area contributed by atoms with E-state index < -0.39 is 0 Å². The lowest BCUT2D eigenvalue weighted by Gasteiger charge is -2.09. The van der Waals surface area contributed by atoms with E-state index >= 15 is 0 Å². The van der Waals surface area contributed by atoms with Crippen molar-refractivity contribution in [2.45, 2.75) is 47.2 Å². The van der Waals surface area contributed by atoms with E-state index in [0.717, 1.165) is 34.8 Å². The Labute approximate surface area is 124 Å². The van der Waals surface area contributed by atoms with Crippen molar-refractivity contribution in [2.75, 3.05) is 0 Å². The summed E-state index contributed by atoms with van der Waals surface area (Å²) in [4.78, 5) is 9.30. The third kappa shape index (κ3) is 2.13. The molecule has 0 bridgehead atoms. The van der Waals surface area contributed by atoms with Crippen molar-refractivity contribution in [3.05, 3.63) is 29.7 Å². The van der Waals surface area contributed by atoms with Crippen molar-refractivity contribution in [2.24, 2.45) is 0 Å². The summed E-state index contributed by atoms with van der Waals surface area (Å²) in [6.45, 7) is 11.4. The molecule has 0 atom stereocenters. The highest BCUT2D eigenvalue weighted by molar-refractivity contribution is 5.84. The van der Waals surface area contributed by atoms with Crippen molar-refractivity contribution < 1.29 is 0 Å². The molecule has 3 aromatic rings. The Kier molecular flexibility index (Phi) is 3.27. The molecule has 0 aliphatic rings. The Morgan fingerprint density at radius 1 is 1.24 bits per heavy atom. The third-order valence-electron chi connectivity index (χ3n) is 3.81. The molecule has 0 spiro atoms. The molecule has 0 aliphatic heterocycles. The maximum absolute atomic E-state index is 4.85. The number of aromatic nitrogens is 5. The lowest BCUT2D eigenvalue weighted by Crippen LogP contribution is -2.05. The molecule has 0 N–H and O–H groups in total. The number of fused-ring (bicyclic) bond motifs is 1. The van der Waals surface area contributed by atoms with Gasteiger partial charge in [-0.2, -0.15) is 5.10 Å². The predicted octanol–water partition coefficient (Wildman–Crippen LogP) is 3.51. The van der Waals surface area contributed by atoms with Crippen LogP contribution in [-0.4, -0.2) is 24.3 Å². The van der Waals surface area contributed by atoms with Crippen LogP contribution in [0.4, 0.5) is 0 Å². The van der Waals surface area contributed by atoms with Crippen molar-refractivity contribution in [3.8, 4) is 11.5 Å². The van der Waals surface area contributed by atoms with E-state index in [4.69, 9.17) is 4.98 Å². The molecule has 0 radical (unpaired) electrons. The van der Waals surface area contributed by atoms with E-state index in [2.05, 4.69) is 48.4 Å². The lowest BCUT2D eigenvalue weighted by molar-refractivity contribution is 0.543. The van der Waals surface area contributed by atoms with Gasteiger partial charge in [-0.25, -0.2) is 14.6 Å². The van der Waals surface area contributed by atoms with Gasteiger partial charge in [0.1, 0.15) is 5.69 Å². The normalized spacial score (nSPS) is 11.7. The van der Waals surface area contributed by atoms with Gasteiger partial charge in [-0.15, -0.1) is 0 Å². The zero-order valence-corrected chi connectivity index (χ0v) is 13.3. The van der Waals surface area contributed by atoms with E-state index in [1.54, 1.807) is 0 Å². The van der Waals surface area contributed by atoms with Crippen LogP contribution in [0, 0.1) is 13.8 Å². The van der Waals surface area contributed by atoms with Crippen LogP contribution in [0.3, 0.4) is 0 Å². The molecule has 5 nitrogen and oxygen atoms in total. The van der Waals surface area contributed by atoms with Gasteiger partial charge in [0.15, 0.2) is 11.5 Å². The minimum atomic E-state index is 0.286. The lowest BCUT2D eigenvalue weighted by atomic mass is 10.1. The molecule has 3 heterocycles. The van der Waals surface area contributed by atoms with Crippen LogP contribution in [0.1, 0.15) is 38.1 Å². The van der Waals surface area contributed by atoms with E-state index in [0.29, 0.717) is 0 Å². The Hall–Kier alpha value is -2.17. The SMILES string of the molecule is CCn1ccnc1-c1cc(C)c2c(C)nn(C(C)C)c2n1. The smallest absolute Gasteiger partial charge is 0.159 e. The van der Waals surface area contributed by atoms with Gasteiger partial charge < -0.3 is 4.57 Å². The molecular formula is C16H21N5. The fraction of sp³-hybridized carbons (Fsp3) is 0.438. The molecule has 21 heavy (non-hydrogen) atoms. The van der Waals surface area contributed by atoms with Gasteiger partial charge in [-0.3, -0.25) is 0 Å². The summed E-state index contributed by atoms with van der Waals surface area (Å²) in [6.07, 6.45) is 3.81. The van der Waals surface area contributed by atoms with Gasteiger partial charge in [-0.05, 0) is 46.2 Å². The molecule has 0 aromatic carbocycles. The van der Waals surface area contributed by atoms with Crippen molar-refractivity contribution in [3.63, 3.8) is 0 Å². The molecule has 3 aromatic heterocycles. The number of pyridine rings is 1. The fourth-order valence-corrected chi connectivity index (χ4v) is 2.80. The van der Waals surface area contributed by atoms with Crippen molar-refractivity contribution in [1.29, 1.82) is 0 Å². The number of nitrogens with zero attached hydrogens (tertiary/aromatic N) is 5. The zero-order valence-electron chi connectivity index (χ0n) is 13.3. The highest BCUT2D eigenvalue weighted by atomic mass is 15.3. The first kappa shape index (κ1) is 13.8. The summed E-state index contributed by atoms with van der Waals surface area (Å²) < 4.78 is 4.11. The first-order chi connectivity index (χ1) is 10.0. The molecule has 0 unspecified atom stereocenters. The molecule has 0 amide bonds. The number of hydrogen-bond acceptors (Lipinski definition) is 3. The monoisotopic (exact) mass is 283 g/mol. The van der Waals surface area contributed by atoms with Crippen molar-refractivity contribution >= 4 is 11.0 Å². The summed E-state index contributed by atoms with van der Waals surface area (Å²) in [5.41, 5.74) is 4.09. The highest BCUT2D eigenvalue weighted by Crippen LogP contribution is 2.27. The molecule has 3 rings (SSSR count). The maximum Gasteiger partial charge on any atom is 0.159 e. The standard InChI is InChI=1S/C16H21N5/c1-6-20-8-7-17-15(20)13-9-11(4)14-12(5)19-21(10(2)3)16(14)18-13/h7-10H,6H2,1-5H3. The molecular weight excluding hydrogens is 262 g/mol. The van der Waals surface area contributed by atoms with Crippen LogP contribution in [0.2, 0.25) is 0 Å². The van der Waals surface area contributed by atoms with E-state index in [9.17, 15) is 0 Å². The summed E-state index contributed by atoms with van der Waals surface area (Å²) in [6, 6.07) is 2.39. The van der Waals surface area contributed by atoms with Gasteiger partial charge in [0.25, 0.3) is 0 Å². The topological polar surface area (TPSA) is 48.5 Å². The molecule has 0 saturated heterocycles. The van der Waals surface area contributed by atoms with Crippen molar-refractivity contribution in [1.82, 2.24) is 24.3 Å². The average Bonchev–Trinajstić information content (AvgIpc) is 3.03. The molecule has 110 valence electrons. The van der Waals surface area contributed by atoms with Gasteiger partial charge >= 0.3 is 0 Å². The summed E-state index contributed by atoms with van der Waals surface area (Å²) in [7, 11) is 0. The van der Waals surface area contributed by atoms with Gasteiger partial charge in [0.05, 0.1) is 5.69 Å². The van der Waals surface area contributed by atoms with Gasteiger partial charge in [-0.1, -0.05) is 0 Å². The van der Waals surface area contributed by atoms with Crippen LogP contribution in [0.25, 0.3) is 22.6 Å². The quantitative estimate of drug-likeness (QED) is 0.739. The minimum Gasteiger partial charge on any atom is -0.330 e. The van der Waals surface area contributed by atoms with E-state index in [-0.39, 0.29) is 6.04 Å². The van der Waals surface area contributed by atoms with E-state index in [1.807, 2.05) is 24.0 Å². The number of rotatable bonds is 3. The van der Waals surface area contributed by atoms with Gasteiger partial charge in [0, 0.05) is 30.4 Å². The Morgan fingerprint density at radius 3 is 2.67 bits per heavy atom. The van der Waals surface area contributed by atoms with Crippen LogP contribution in [0.15, 0.2) is 18.5 Å². The van der Waals surface area contributed by atoms with E-state index in [1.165, 1.54) is 5.56 Å². The second-order valence-corrected chi connectivity index (χ2v) is 5.68. The zero-order chi connectivity index (χ0) is 15.1. The average molecular weight is 283 g/mol. The molecule has 0 aliphatic carbocycles. The predicted molar refractivity (Wildman–Crippen MR) is 84.3 cm³/mol. The number of aryl methyl sites for hydroxylation is 3. The van der Waals surface area contributed by atoms with Crippen LogP contribution < -0.4 is 0 Å². The number of imidazole rings is 1. The first-order valence-electron chi connectivity index (χ1n) is 7.40. The second-order valence-electron chi connectivity index (χ2n) is 5.68. The third-order valence-corrected chi connectivity index (χ3v) is 3.81. The largest absolute Gasteiger partial charge is 0.330 e. The van der Waals surface area contributed by atoms with Crippen LogP contribution in [-0.2, 0) is 6.54 Å². The highest BCUT2D eigenvalue weighted by Gasteiger charge is 2.16. The summed E-state index contributed by atoms with van der Waals surface area (Å²) in [5.74, 6) is 0.914. The Morgan fingerprint density at radius 2 is 2.00 bits per heavy atom.